The molecule has 2 aromatic carbocycles. The minimum Gasteiger partial charge on any atom is -0.480 e. The van der Waals surface area contributed by atoms with Gasteiger partial charge in [0.1, 0.15) is 11.8 Å². The number of halogens is 1. The number of rotatable bonds is 6. The minimum absolute atomic E-state index is 0.0390. The van der Waals surface area contributed by atoms with Crippen molar-refractivity contribution in [3.63, 3.8) is 0 Å². The first-order chi connectivity index (χ1) is 13.8. The Bertz CT molecular complexity index is 946. The van der Waals surface area contributed by atoms with Crippen molar-refractivity contribution >= 4 is 17.8 Å². The van der Waals surface area contributed by atoms with Crippen molar-refractivity contribution in [3.05, 3.63) is 59.4 Å². The van der Waals surface area contributed by atoms with Crippen LogP contribution in [0.4, 0.5) is 4.39 Å². The predicted molar refractivity (Wildman–Crippen MR) is 102 cm³/mol. The number of nitrogens with zero attached hydrogens (tertiary/aromatic N) is 1. The zero-order valence-corrected chi connectivity index (χ0v) is 15.9. The lowest BCUT2D eigenvalue weighted by Crippen LogP contribution is -2.45. The van der Waals surface area contributed by atoms with Crippen molar-refractivity contribution in [2.75, 3.05) is 13.1 Å². The largest absolute Gasteiger partial charge is 0.480 e. The molecule has 1 atom stereocenters. The fraction of sp³-hybridized carbons (Fsp3) is 0.286. The van der Waals surface area contributed by atoms with Gasteiger partial charge in [0.2, 0.25) is 5.91 Å². The number of likely N-dealkylation sites (tertiary alicyclic amines) is 1. The van der Waals surface area contributed by atoms with Crippen LogP contribution in [0.15, 0.2) is 42.5 Å². The Hall–Kier alpha value is -3.42. The summed E-state index contributed by atoms with van der Waals surface area (Å²) >= 11 is 0. The summed E-state index contributed by atoms with van der Waals surface area (Å²) in [6.07, 6.45) is 1.02. The number of hydrogen-bond donors (Lipinski definition) is 2. The van der Waals surface area contributed by atoms with Crippen molar-refractivity contribution in [2.24, 2.45) is 0 Å². The normalized spacial score (nSPS) is 15.8. The van der Waals surface area contributed by atoms with Crippen LogP contribution in [0.2, 0.25) is 0 Å². The molecule has 0 spiro atoms. The van der Waals surface area contributed by atoms with E-state index in [1.807, 2.05) is 0 Å². The molecule has 1 heterocycles. The maximum Gasteiger partial charge on any atom is 0.326 e. The number of amides is 2. The Morgan fingerprint density at radius 2 is 2.03 bits per heavy atom. The average molecular weight is 400 g/mol. The summed E-state index contributed by atoms with van der Waals surface area (Å²) in [5.74, 6) is -2.20. The van der Waals surface area contributed by atoms with Gasteiger partial charge in [0, 0.05) is 12.1 Å². The lowest BCUT2D eigenvalue weighted by Gasteiger charge is -2.21. The van der Waals surface area contributed by atoms with Gasteiger partial charge >= 0.3 is 5.97 Å². The summed E-state index contributed by atoms with van der Waals surface area (Å²) < 4.78 is 19.5. The number of carbonyl (C=O) groups is 3. The van der Waals surface area contributed by atoms with Crippen LogP contribution >= 0.6 is 0 Å². The Morgan fingerprint density at radius 1 is 1.24 bits per heavy atom. The maximum absolute atomic E-state index is 14.0. The summed E-state index contributed by atoms with van der Waals surface area (Å²) in [5.41, 5.74) is 0.995. The molecule has 0 saturated carbocycles. The van der Waals surface area contributed by atoms with Gasteiger partial charge in [-0.25, -0.2) is 9.18 Å². The first kappa shape index (κ1) is 20.3. The van der Waals surface area contributed by atoms with Gasteiger partial charge in [-0.05, 0) is 55.7 Å². The van der Waals surface area contributed by atoms with Crippen molar-refractivity contribution in [2.45, 2.75) is 25.8 Å². The van der Waals surface area contributed by atoms with Crippen molar-refractivity contribution in [3.8, 4) is 11.5 Å². The smallest absolute Gasteiger partial charge is 0.326 e. The number of aryl methyl sites for hydroxylation is 1. The highest BCUT2D eigenvalue weighted by molar-refractivity contribution is 5.97. The van der Waals surface area contributed by atoms with Crippen LogP contribution in [0, 0.1) is 12.7 Å². The lowest BCUT2D eigenvalue weighted by molar-refractivity contribution is -0.147. The number of hydrogen-bond acceptors (Lipinski definition) is 4. The molecular formula is C21H21FN2O5. The Morgan fingerprint density at radius 3 is 2.76 bits per heavy atom. The number of ether oxygens (including phenoxy) is 1. The number of carboxylic acids is 1. The van der Waals surface area contributed by atoms with Crippen LogP contribution in [-0.4, -0.2) is 46.9 Å². The van der Waals surface area contributed by atoms with Crippen molar-refractivity contribution in [1.82, 2.24) is 10.2 Å². The fourth-order valence-corrected chi connectivity index (χ4v) is 3.20. The van der Waals surface area contributed by atoms with Crippen LogP contribution in [-0.2, 0) is 9.59 Å². The molecule has 1 aliphatic heterocycles. The zero-order chi connectivity index (χ0) is 21.0. The van der Waals surface area contributed by atoms with Gasteiger partial charge < -0.3 is 20.1 Å². The van der Waals surface area contributed by atoms with Crippen LogP contribution < -0.4 is 10.1 Å². The molecule has 29 heavy (non-hydrogen) atoms. The van der Waals surface area contributed by atoms with E-state index in [0.717, 1.165) is 5.56 Å². The fourth-order valence-electron chi connectivity index (χ4n) is 3.20. The second-order valence-corrected chi connectivity index (χ2v) is 6.83. The summed E-state index contributed by atoms with van der Waals surface area (Å²) in [5, 5.41) is 11.6. The molecule has 1 saturated heterocycles. The number of carbonyl (C=O) groups excluding carboxylic acids is 2. The third-order valence-electron chi connectivity index (χ3n) is 4.67. The van der Waals surface area contributed by atoms with Crippen molar-refractivity contribution < 1.29 is 28.6 Å². The van der Waals surface area contributed by atoms with E-state index in [4.69, 9.17) is 9.84 Å². The Balaban J connectivity index is 1.62. The molecule has 0 aromatic heterocycles. The molecule has 0 bridgehead atoms. The molecule has 3 rings (SSSR count). The van der Waals surface area contributed by atoms with E-state index in [0.29, 0.717) is 19.4 Å². The summed E-state index contributed by atoms with van der Waals surface area (Å²) in [6, 6.07) is 9.86. The second-order valence-electron chi connectivity index (χ2n) is 6.83. The van der Waals surface area contributed by atoms with Gasteiger partial charge in [0.25, 0.3) is 5.91 Å². The Labute approximate surface area is 167 Å². The zero-order valence-electron chi connectivity index (χ0n) is 15.9. The summed E-state index contributed by atoms with van der Waals surface area (Å²) in [7, 11) is 0. The van der Waals surface area contributed by atoms with E-state index in [9.17, 15) is 18.8 Å². The monoisotopic (exact) mass is 400 g/mol. The molecule has 7 nitrogen and oxygen atoms in total. The number of carboxylic acid groups (broad SMARTS) is 1. The first-order valence-corrected chi connectivity index (χ1v) is 9.19. The van der Waals surface area contributed by atoms with E-state index in [1.165, 1.54) is 29.2 Å². The molecule has 2 N–H and O–H groups in total. The third kappa shape index (κ3) is 4.90. The molecule has 8 heteroatoms. The van der Waals surface area contributed by atoms with Gasteiger partial charge in [0.15, 0.2) is 11.6 Å². The molecule has 1 fully saturated rings. The highest BCUT2D eigenvalue weighted by Gasteiger charge is 2.33. The van der Waals surface area contributed by atoms with Gasteiger partial charge in [-0.15, -0.1) is 0 Å². The molecule has 0 unspecified atom stereocenters. The molecule has 1 aliphatic rings. The lowest BCUT2D eigenvalue weighted by atomic mass is 10.2. The SMILES string of the molecule is Cc1ccc(Oc2cccc(C(=O)NCC(=O)N3CCC[C@H]3C(=O)O)c2)c(F)c1. The number of nitrogens with one attached hydrogen (secondary N) is 1. The molecule has 2 amide bonds. The maximum atomic E-state index is 14.0. The number of benzene rings is 2. The third-order valence-corrected chi connectivity index (χ3v) is 4.67. The van der Waals surface area contributed by atoms with Crippen LogP contribution in [0.25, 0.3) is 0 Å². The van der Waals surface area contributed by atoms with E-state index in [2.05, 4.69) is 5.32 Å². The molecule has 0 aliphatic carbocycles. The minimum atomic E-state index is -1.05. The highest BCUT2D eigenvalue weighted by Crippen LogP contribution is 2.25. The quantitative estimate of drug-likeness (QED) is 0.777. The summed E-state index contributed by atoms with van der Waals surface area (Å²) in [4.78, 5) is 37.1. The van der Waals surface area contributed by atoms with Gasteiger partial charge in [-0.3, -0.25) is 9.59 Å². The highest BCUT2D eigenvalue weighted by atomic mass is 19.1. The summed E-state index contributed by atoms with van der Waals surface area (Å²) in [6.45, 7) is 1.82. The first-order valence-electron chi connectivity index (χ1n) is 9.19. The van der Waals surface area contributed by atoms with E-state index in [-0.39, 0.29) is 23.6 Å². The average Bonchev–Trinajstić information content (AvgIpc) is 3.18. The van der Waals surface area contributed by atoms with E-state index in [1.54, 1.807) is 25.1 Å². The van der Waals surface area contributed by atoms with Gasteiger partial charge in [-0.1, -0.05) is 12.1 Å². The molecular weight excluding hydrogens is 379 g/mol. The predicted octanol–water partition coefficient (Wildman–Crippen LogP) is 2.73. The topological polar surface area (TPSA) is 95.9 Å². The van der Waals surface area contributed by atoms with Gasteiger partial charge in [0.05, 0.1) is 6.54 Å². The molecule has 0 radical (unpaired) electrons. The Kier molecular flexibility index (Phi) is 6.11. The second kappa shape index (κ2) is 8.72. The van der Waals surface area contributed by atoms with Gasteiger partial charge in [-0.2, -0.15) is 0 Å². The van der Waals surface area contributed by atoms with E-state index >= 15 is 0 Å². The van der Waals surface area contributed by atoms with Crippen LogP contribution in [0.3, 0.4) is 0 Å². The van der Waals surface area contributed by atoms with Crippen LogP contribution in [0.5, 0.6) is 11.5 Å². The van der Waals surface area contributed by atoms with E-state index < -0.39 is 29.6 Å². The van der Waals surface area contributed by atoms with Crippen LogP contribution in [0.1, 0.15) is 28.8 Å². The number of aliphatic carboxylic acids is 1. The molecule has 2 aromatic rings. The standard InChI is InChI=1S/C21H21FN2O5/c1-13-7-8-18(16(22)10-13)29-15-5-2-4-14(11-15)20(26)23-12-19(25)24-9-3-6-17(24)21(27)28/h2,4-5,7-8,10-11,17H,3,6,9,12H2,1H3,(H,23,26)(H,27,28)/t17-/m0/s1. The van der Waals surface area contributed by atoms with Crippen molar-refractivity contribution in [1.29, 1.82) is 0 Å². The molecule has 152 valence electrons.